The summed E-state index contributed by atoms with van der Waals surface area (Å²) in [5.74, 6) is 0.100. The fourth-order valence-electron chi connectivity index (χ4n) is 3.54. The van der Waals surface area contributed by atoms with Crippen LogP contribution in [0.25, 0.3) is 0 Å². The Morgan fingerprint density at radius 3 is 2.62 bits per heavy atom. The zero-order valence-corrected chi connectivity index (χ0v) is 16.7. The van der Waals surface area contributed by atoms with Crippen molar-refractivity contribution >= 4 is 34.8 Å². The summed E-state index contributed by atoms with van der Waals surface area (Å²) in [6.07, 6.45) is 1.93. The van der Waals surface area contributed by atoms with Crippen molar-refractivity contribution in [3.05, 3.63) is 63.1 Å². The predicted octanol–water partition coefficient (Wildman–Crippen LogP) is 5.46. The Morgan fingerprint density at radius 2 is 1.92 bits per heavy atom. The zero-order chi connectivity index (χ0) is 18.7. The van der Waals surface area contributed by atoms with Gasteiger partial charge in [0.1, 0.15) is 0 Å². The highest BCUT2D eigenvalue weighted by molar-refractivity contribution is 6.35. The summed E-state index contributed by atoms with van der Waals surface area (Å²) in [6, 6.07) is 11.7. The Balaban J connectivity index is 1.65. The Bertz CT molecular complexity index is 786. The maximum absolute atomic E-state index is 12.8. The van der Waals surface area contributed by atoms with Crippen LogP contribution in [0.15, 0.2) is 36.4 Å². The van der Waals surface area contributed by atoms with Gasteiger partial charge in [0.15, 0.2) is 0 Å². The summed E-state index contributed by atoms with van der Waals surface area (Å²) >= 11 is 12.3. The number of halogens is 2. The topological polar surface area (TPSA) is 32.3 Å². The van der Waals surface area contributed by atoms with Gasteiger partial charge >= 0.3 is 0 Å². The van der Waals surface area contributed by atoms with Crippen molar-refractivity contribution < 1.29 is 4.79 Å². The molecule has 0 aromatic heterocycles. The lowest BCUT2D eigenvalue weighted by molar-refractivity contribution is -0.121. The average Bonchev–Trinajstić information content (AvgIpc) is 2.61. The first kappa shape index (κ1) is 19.2. The summed E-state index contributed by atoms with van der Waals surface area (Å²) in [7, 11) is 0. The standard InChI is InChI=1S/C21H24Cl2N2O/c1-14-5-3-6-15(2)20(14)24-21(26)17-7-4-10-25(13-17)12-16-8-9-18(22)11-19(16)23/h3,5-6,8-9,11,17H,4,7,10,12-13H2,1-2H3,(H,24,26). The third kappa shape index (κ3) is 4.59. The van der Waals surface area contributed by atoms with Crippen LogP contribution < -0.4 is 5.32 Å². The van der Waals surface area contributed by atoms with Gasteiger partial charge in [-0.25, -0.2) is 0 Å². The van der Waals surface area contributed by atoms with Crippen LogP contribution in [0.2, 0.25) is 10.0 Å². The third-order valence-electron chi connectivity index (χ3n) is 5.01. The predicted molar refractivity (Wildman–Crippen MR) is 109 cm³/mol. The molecule has 2 aromatic rings. The minimum atomic E-state index is -0.00571. The van der Waals surface area contributed by atoms with Crippen LogP contribution in [0.3, 0.4) is 0 Å². The molecule has 1 saturated heterocycles. The molecular formula is C21H24Cl2N2O. The van der Waals surface area contributed by atoms with E-state index in [1.807, 2.05) is 44.2 Å². The van der Waals surface area contributed by atoms with E-state index in [0.717, 1.165) is 54.9 Å². The highest BCUT2D eigenvalue weighted by Gasteiger charge is 2.26. The van der Waals surface area contributed by atoms with Crippen LogP contribution in [0.1, 0.15) is 29.5 Å². The number of nitrogens with one attached hydrogen (secondary N) is 1. The van der Waals surface area contributed by atoms with Gasteiger partial charge in [-0.05, 0) is 62.1 Å². The first-order valence-corrected chi connectivity index (χ1v) is 9.73. The molecule has 1 fully saturated rings. The molecule has 5 heteroatoms. The Morgan fingerprint density at radius 1 is 1.19 bits per heavy atom. The molecule has 26 heavy (non-hydrogen) atoms. The smallest absolute Gasteiger partial charge is 0.228 e. The number of carbonyl (C=O) groups excluding carboxylic acids is 1. The second-order valence-electron chi connectivity index (χ2n) is 7.07. The van der Waals surface area contributed by atoms with Gasteiger partial charge < -0.3 is 5.32 Å². The van der Waals surface area contributed by atoms with Crippen molar-refractivity contribution in [1.82, 2.24) is 4.90 Å². The monoisotopic (exact) mass is 390 g/mol. The molecule has 1 aliphatic heterocycles. The van der Waals surface area contributed by atoms with E-state index in [4.69, 9.17) is 23.2 Å². The molecule has 0 aliphatic carbocycles. The van der Waals surface area contributed by atoms with Crippen molar-refractivity contribution in [3.8, 4) is 0 Å². The van der Waals surface area contributed by atoms with Gasteiger partial charge in [0, 0.05) is 28.8 Å². The van der Waals surface area contributed by atoms with Crippen LogP contribution >= 0.6 is 23.2 Å². The summed E-state index contributed by atoms with van der Waals surface area (Å²) in [4.78, 5) is 15.1. The number of hydrogen-bond acceptors (Lipinski definition) is 2. The van der Waals surface area contributed by atoms with E-state index in [1.165, 1.54) is 0 Å². The van der Waals surface area contributed by atoms with Gasteiger partial charge in [-0.3, -0.25) is 9.69 Å². The SMILES string of the molecule is Cc1cccc(C)c1NC(=O)C1CCCN(Cc2ccc(Cl)cc2Cl)C1. The third-order valence-corrected chi connectivity index (χ3v) is 5.60. The normalized spacial score (nSPS) is 17.9. The Hall–Kier alpha value is -1.55. The van der Waals surface area contributed by atoms with Crippen LogP contribution in [0, 0.1) is 19.8 Å². The van der Waals surface area contributed by atoms with Gasteiger partial charge in [-0.15, -0.1) is 0 Å². The molecule has 3 rings (SSSR count). The fraction of sp³-hybridized carbons (Fsp3) is 0.381. The van der Waals surface area contributed by atoms with E-state index in [0.29, 0.717) is 10.0 Å². The van der Waals surface area contributed by atoms with Gasteiger partial charge in [0.25, 0.3) is 0 Å². The maximum atomic E-state index is 12.8. The minimum Gasteiger partial charge on any atom is -0.325 e. The average molecular weight is 391 g/mol. The number of para-hydroxylation sites is 1. The summed E-state index contributed by atoms with van der Waals surface area (Å²) in [5.41, 5.74) is 4.18. The lowest BCUT2D eigenvalue weighted by Gasteiger charge is -2.32. The number of rotatable bonds is 4. The molecular weight excluding hydrogens is 367 g/mol. The second kappa shape index (κ2) is 8.43. The van der Waals surface area contributed by atoms with Crippen molar-refractivity contribution in [1.29, 1.82) is 0 Å². The van der Waals surface area contributed by atoms with Crippen LogP contribution in [0.5, 0.6) is 0 Å². The van der Waals surface area contributed by atoms with Gasteiger partial charge in [-0.2, -0.15) is 0 Å². The first-order chi connectivity index (χ1) is 12.4. The molecule has 3 nitrogen and oxygen atoms in total. The quantitative estimate of drug-likeness (QED) is 0.751. The minimum absolute atomic E-state index is 0.00571. The lowest BCUT2D eigenvalue weighted by atomic mass is 9.96. The number of piperidine rings is 1. The maximum Gasteiger partial charge on any atom is 0.228 e. The first-order valence-electron chi connectivity index (χ1n) is 8.97. The van der Waals surface area contributed by atoms with Crippen molar-refractivity contribution in [2.45, 2.75) is 33.2 Å². The molecule has 1 heterocycles. The highest BCUT2D eigenvalue weighted by Crippen LogP contribution is 2.26. The summed E-state index contributed by atoms with van der Waals surface area (Å²) < 4.78 is 0. The van der Waals surface area contributed by atoms with E-state index in [9.17, 15) is 4.79 Å². The summed E-state index contributed by atoms with van der Waals surface area (Å²) in [6.45, 7) is 6.52. The Labute approximate surface area is 165 Å². The van der Waals surface area contributed by atoms with Gasteiger partial charge in [0.05, 0.1) is 5.92 Å². The molecule has 0 bridgehead atoms. The van der Waals surface area contributed by atoms with E-state index in [-0.39, 0.29) is 11.8 Å². The van der Waals surface area contributed by atoms with Crippen LogP contribution in [-0.4, -0.2) is 23.9 Å². The molecule has 1 N–H and O–H groups in total. The van der Waals surface area contributed by atoms with Crippen molar-refractivity contribution in [2.24, 2.45) is 5.92 Å². The molecule has 0 spiro atoms. The fourth-order valence-corrected chi connectivity index (χ4v) is 4.01. The number of hydrogen-bond donors (Lipinski definition) is 1. The summed E-state index contributed by atoms with van der Waals surface area (Å²) in [5, 5.41) is 4.46. The highest BCUT2D eigenvalue weighted by atomic mass is 35.5. The van der Waals surface area contributed by atoms with Gasteiger partial charge in [0.2, 0.25) is 5.91 Å². The number of carbonyl (C=O) groups is 1. The van der Waals surface area contributed by atoms with E-state index >= 15 is 0 Å². The number of anilines is 1. The second-order valence-corrected chi connectivity index (χ2v) is 7.91. The molecule has 2 aromatic carbocycles. The molecule has 138 valence electrons. The van der Waals surface area contributed by atoms with E-state index in [1.54, 1.807) is 6.07 Å². The van der Waals surface area contributed by atoms with Gasteiger partial charge in [-0.1, -0.05) is 47.5 Å². The molecule has 0 saturated carbocycles. The van der Waals surface area contributed by atoms with E-state index in [2.05, 4.69) is 10.2 Å². The van der Waals surface area contributed by atoms with Crippen LogP contribution in [-0.2, 0) is 11.3 Å². The number of benzene rings is 2. The molecule has 1 amide bonds. The van der Waals surface area contributed by atoms with E-state index < -0.39 is 0 Å². The van der Waals surface area contributed by atoms with Crippen molar-refractivity contribution in [2.75, 3.05) is 18.4 Å². The van der Waals surface area contributed by atoms with Crippen molar-refractivity contribution in [3.63, 3.8) is 0 Å². The molecule has 1 unspecified atom stereocenters. The molecule has 0 radical (unpaired) electrons. The Kier molecular flexibility index (Phi) is 6.23. The number of likely N-dealkylation sites (tertiary alicyclic amines) is 1. The molecule has 1 aliphatic rings. The lowest BCUT2D eigenvalue weighted by Crippen LogP contribution is -2.40. The largest absolute Gasteiger partial charge is 0.325 e. The number of nitrogens with zero attached hydrogens (tertiary/aromatic N) is 1. The zero-order valence-electron chi connectivity index (χ0n) is 15.2. The number of amides is 1. The number of aryl methyl sites for hydroxylation is 2. The van der Waals surface area contributed by atoms with Crippen LogP contribution in [0.4, 0.5) is 5.69 Å². The molecule has 1 atom stereocenters.